The van der Waals surface area contributed by atoms with E-state index in [1.807, 2.05) is 50.2 Å². The van der Waals surface area contributed by atoms with E-state index in [0.717, 1.165) is 52.6 Å². The molecule has 0 bridgehead atoms. The zero-order valence-corrected chi connectivity index (χ0v) is 17.4. The summed E-state index contributed by atoms with van der Waals surface area (Å²) in [7, 11) is 0. The van der Waals surface area contributed by atoms with Gasteiger partial charge in [0.25, 0.3) is 0 Å². The maximum Gasteiger partial charge on any atom is 0.231 e. The number of aromatic nitrogens is 2. The van der Waals surface area contributed by atoms with Crippen LogP contribution < -0.4 is 14.8 Å². The summed E-state index contributed by atoms with van der Waals surface area (Å²) in [4.78, 5) is 12.9. The fourth-order valence-corrected chi connectivity index (χ4v) is 3.97. The molecule has 2 aromatic carbocycles. The Kier molecular flexibility index (Phi) is 4.51. The van der Waals surface area contributed by atoms with Crippen LogP contribution in [0.3, 0.4) is 0 Å². The molecule has 1 N–H and O–H groups in total. The quantitative estimate of drug-likeness (QED) is 0.506. The summed E-state index contributed by atoms with van der Waals surface area (Å²) in [5, 5.41) is 8.45. The topological polar surface area (TPSA) is 65.4 Å². The molecule has 0 amide bonds. The van der Waals surface area contributed by atoms with Crippen LogP contribution in [0.1, 0.15) is 32.9 Å². The van der Waals surface area contributed by atoms with Gasteiger partial charge in [0.2, 0.25) is 6.79 Å². The summed E-state index contributed by atoms with van der Waals surface area (Å²) in [6.45, 7) is 4.79. The number of carbonyl (C=O) groups excluding carboxylic acids is 1. The lowest BCUT2D eigenvalue weighted by Gasteiger charge is -2.21. The molecule has 3 heterocycles. The molecule has 2 aliphatic heterocycles. The summed E-state index contributed by atoms with van der Waals surface area (Å²) in [5.41, 5.74) is 6.05. The number of hydrogen-bond acceptors (Lipinski definition) is 5. The van der Waals surface area contributed by atoms with Gasteiger partial charge in [0.15, 0.2) is 17.3 Å². The van der Waals surface area contributed by atoms with Crippen molar-refractivity contribution in [1.82, 2.24) is 15.1 Å². The first-order valence-electron chi connectivity index (χ1n) is 9.76. The lowest BCUT2D eigenvalue weighted by atomic mass is 9.96. The normalized spacial score (nSPS) is 15.8. The van der Waals surface area contributed by atoms with Gasteiger partial charge in [0.05, 0.1) is 22.1 Å². The van der Waals surface area contributed by atoms with Crippen LogP contribution in [0.2, 0.25) is 5.02 Å². The van der Waals surface area contributed by atoms with E-state index in [-0.39, 0.29) is 12.6 Å². The number of nitrogens with one attached hydrogen (secondary N) is 1. The van der Waals surface area contributed by atoms with Crippen LogP contribution in [-0.2, 0) is 6.42 Å². The molecule has 3 aromatic rings. The fourth-order valence-electron chi connectivity index (χ4n) is 3.85. The molecule has 0 fully saturated rings. The first kappa shape index (κ1) is 18.8. The van der Waals surface area contributed by atoms with Crippen molar-refractivity contribution in [2.45, 2.75) is 20.3 Å². The highest BCUT2D eigenvalue weighted by atomic mass is 35.5. The number of benzene rings is 2. The van der Waals surface area contributed by atoms with Crippen molar-refractivity contribution in [2.75, 3.05) is 13.3 Å². The zero-order chi connectivity index (χ0) is 20.8. The summed E-state index contributed by atoms with van der Waals surface area (Å²) in [5.74, 6) is 1.41. The highest BCUT2D eigenvalue weighted by Gasteiger charge is 2.22. The second-order valence-electron chi connectivity index (χ2n) is 7.41. The Labute approximate surface area is 179 Å². The maximum absolute atomic E-state index is 12.9. The van der Waals surface area contributed by atoms with E-state index in [0.29, 0.717) is 16.3 Å². The molecule has 5 rings (SSSR count). The van der Waals surface area contributed by atoms with E-state index in [9.17, 15) is 4.79 Å². The standard InChI is InChI=1S/C23H20ClN3O3/c1-13-23(24)14(2)27(26-13)17-5-3-15(4-6-17)20(28)11-19-18-10-22-21(29-12-30-22)9-16(18)7-8-25-19/h3-6,9-11,25H,7-8,12H2,1-2H3/b19-11-. The van der Waals surface area contributed by atoms with Crippen LogP contribution in [0.25, 0.3) is 11.4 Å². The van der Waals surface area contributed by atoms with E-state index in [4.69, 9.17) is 21.1 Å². The van der Waals surface area contributed by atoms with Gasteiger partial charge < -0.3 is 14.8 Å². The van der Waals surface area contributed by atoms with Crippen LogP contribution in [0.15, 0.2) is 42.5 Å². The highest BCUT2D eigenvalue weighted by Crippen LogP contribution is 2.38. The minimum absolute atomic E-state index is 0.0685. The van der Waals surface area contributed by atoms with Crippen LogP contribution in [0.5, 0.6) is 11.5 Å². The third-order valence-electron chi connectivity index (χ3n) is 5.47. The largest absolute Gasteiger partial charge is 0.454 e. The summed E-state index contributed by atoms with van der Waals surface area (Å²) >= 11 is 6.25. The second kappa shape index (κ2) is 7.22. The number of hydrogen-bond donors (Lipinski definition) is 1. The average molecular weight is 422 g/mol. The SMILES string of the molecule is Cc1nn(-c2ccc(C(=O)/C=C3\NCCc4cc5c(cc43)OCO5)cc2)c(C)c1Cl. The number of allylic oxidation sites excluding steroid dienone is 1. The Bertz CT molecular complexity index is 1200. The van der Waals surface area contributed by atoms with Crippen LogP contribution >= 0.6 is 11.6 Å². The van der Waals surface area contributed by atoms with Gasteiger partial charge in [0, 0.05) is 29.4 Å². The molecule has 0 saturated heterocycles. The molecule has 0 unspecified atom stereocenters. The Morgan fingerprint density at radius 1 is 1.17 bits per heavy atom. The lowest BCUT2D eigenvalue weighted by molar-refractivity contribution is 0.104. The van der Waals surface area contributed by atoms with E-state index in [1.54, 1.807) is 10.8 Å². The third kappa shape index (κ3) is 3.13. The van der Waals surface area contributed by atoms with Crippen molar-refractivity contribution < 1.29 is 14.3 Å². The van der Waals surface area contributed by atoms with Crippen molar-refractivity contribution in [3.8, 4) is 17.2 Å². The number of nitrogens with zero attached hydrogens (tertiary/aromatic N) is 2. The monoisotopic (exact) mass is 421 g/mol. The van der Waals surface area contributed by atoms with E-state index < -0.39 is 0 Å². The summed E-state index contributed by atoms with van der Waals surface area (Å²) in [6, 6.07) is 11.3. The number of halogens is 1. The first-order chi connectivity index (χ1) is 14.5. The second-order valence-corrected chi connectivity index (χ2v) is 7.78. The minimum Gasteiger partial charge on any atom is -0.454 e. The molecule has 152 valence electrons. The summed E-state index contributed by atoms with van der Waals surface area (Å²) < 4.78 is 12.8. The average Bonchev–Trinajstić information content (AvgIpc) is 3.32. The van der Waals surface area contributed by atoms with Gasteiger partial charge in [-0.1, -0.05) is 11.6 Å². The minimum atomic E-state index is -0.0685. The predicted molar refractivity (Wildman–Crippen MR) is 115 cm³/mol. The smallest absolute Gasteiger partial charge is 0.231 e. The molecular formula is C23H20ClN3O3. The Balaban J connectivity index is 1.43. The third-order valence-corrected chi connectivity index (χ3v) is 6.02. The number of ketones is 1. The van der Waals surface area contributed by atoms with Crippen LogP contribution in [0, 0.1) is 13.8 Å². The summed E-state index contributed by atoms with van der Waals surface area (Å²) in [6.07, 6.45) is 2.52. The van der Waals surface area contributed by atoms with Crippen molar-refractivity contribution >= 4 is 23.1 Å². The molecule has 30 heavy (non-hydrogen) atoms. The number of carbonyl (C=O) groups is 1. The molecule has 0 aliphatic carbocycles. The van der Waals surface area contributed by atoms with Gasteiger partial charge in [-0.25, -0.2) is 4.68 Å². The van der Waals surface area contributed by atoms with Gasteiger partial charge in [0.1, 0.15) is 0 Å². The van der Waals surface area contributed by atoms with Crippen LogP contribution in [-0.4, -0.2) is 28.9 Å². The van der Waals surface area contributed by atoms with Gasteiger partial charge in [-0.2, -0.15) is 5.10 Å². The van der Waals surface area contributed by atoms with E-state index >= 15 is 0 Å². The first-order valence-corrected chi connectivity index (χ1v) is 10.1. The van der Waals surface area contributed by atoms with Crippen molar-refractivity contribution in [1.29, 1.82) is 0 Å². The molecule has 0 radical (unpaired) electrons. The van der Waals surface area contributed by atoms with Crippen molar-refractivity contribution in [2.24, 2.45) is 0 Å². The Morgan fingerprint density at radius 3 is 2.60 bits per heavy atom. The molecular weight excluding hydrogens is 402 g/mol. The molecule has 0 atom stereocenters. The van der Waals surface area contributed by atoms with Gasteiger partial charge in [-0.15, -0.1) is 0 Å². The number of fused-ring (bicyclic) bond motifs is 2. The van der Waals surface area contributed by atoms with Crippen molar-refractivity contribution in [3.05, 3.63) is 75.6 Å². The predicted octanol–water partition coefficient (Wildman–Crippen LogP) is 4.24. The molecule has 2 aliphatic rings. The Morgan fingerprint density at radius 2 is 1.90 bits per heavy atom. The molecule has 1 aromatic heterocycles. The van der Waals surface area contributed by atoms with Gasteiger partial charge in [-0.05, 0) is 62.2 Å². The van der Waals surface area contributed by atoms with Gasteiger partial charge >= 0.3 is 0 Å². The van der Waals surface area contributed by atoms with Crippen molar-refractivity contribution in [3.63, 3.8) is 0 Å². The molecule has 6 nitrogen and oxygen atoms in total. The number of aryl methyl sites for hydroxylation is 1. The molecule has 7 heteroatoms. The highest BCUT2D eigenvalue weighted by molar-refractivity contribution is 6.31. The zero-order valence-electron chi connectivity index (χ0n) is 16.7. The Hall–Kier alpha value is -3.25. The number of rotatable bonds is 3. The molecule has 0 spiro atoms. The maximum atomic E-state index is 12.9. The fraction of sp³-hybridized carbons (Fsp3) is 0.217. The van der Waals surface area contributed by atoms with E-state index in [1.165, 1.54) is 0 Å². The molecule has 0 saturated carbocycles. The van der Waals surface area contributed by atoms with Crippen LogP contribution in [0.4, 0.5) is 0 Å². The van der Waals surface area contributed by atoms with Gasteiger partial charge in [-0.3, -0.25) is 4.79 Å². The lowest BCUT2D eigenvalue weighted by Crippen LogP contribution is -2.23. The number of ether oxygens (including phenoxy) is 2. The van der Waals surface area contributed by atoms with E-state index in [2.05, 4.69) is 10.4 Å².